The van der Waals surface area contributed by atoms with Crippen LogP contribution in [0.4, 0.5) is 5.82 Å². The van der Waals surface area contributed by atoms with Crippen LogP contribution in [0.3, 0.4) is 0 Å². The molecular weight excluding hydrogens is 306 g/mol. The lowest BCUT2D eigenvalue weighted by Crippen LogP contribution is -2.24. The molecule has 0 unspecified atom stereocenters. The van der Waals surface area contributed by atoms with Gasteiger partial charge in [-0.3, -0.25) is 4.79 Å². The number of nitrogens with zero attached hydrogens (tertiary/aromatic N) is 1. The molecule has 1 aromatic heterocycles. The lowest BCUT2D eigenvalue weighted by Gasteiger charge is -2.07. The number of aryl methyl sites for hydroxylation is 1. The minimum Gasteiger partial charge on any atom is -0.383 e. The number of pyridine rings is 1. The summed E-state index contributed by atoms with van der Waals surface area (Å²) in [5, 5.41) is 2.82. The van der Waals surface area contributed by atoms with Crippen molar-refractivity contribution < 1.29 is 4.79 Å². The first kappa shape index (κ1) is 13.5. The van der Waals surface area contributed by atoms with Crippen LogP contribution in [0.25, 0.3) is 0 Å². The highest BCUT2D eigenvalue weighted by atomic mass is 79.9. The molecule has 0 aliphatic heterocycles. The summed E-state index contributed by atoms with van der Waals surface area (Å²) in [5.74, 6) is -0.00326. The first-order valence-corrected chi connectivity index (χ1v) is 6.60. The summed E-state index contributed by atoms with van der Waals surface area (Å²) in [7, 11) is 0. The lowest BCUT2D eigenvalue weighted by molar-refractivity contribution is 0.0951. The molecule has 0 radical (unpaired) electrons. The molecule has 4 nitrogen and oxygen atoms in total. The van der Waals surface area contributed by atoms with Crippen molar-refractivity contribution >= 4 is 27.7 Å². The normalized spacial score (nSPS) is 10.2. The van der Waals surface area contributed by atoms with Crippen molar-refractivity contribution in [3.8, 4) is 0 Å². The Hall–Kier alpha value is -1.88. The predicted molar refractivity (Wildman–Crippen MR) is 78.7 cm³/mol. The van der Waals surface area contributed by atoms with Gasteiger partial charge in [0.15, 0.2) is 0 Å². The maximum atomic E-state index is 12.0. The predicted octanol–water partition coefficient (Wildman–Crippen LogP) is 2.66. The summed E-state index contributed by atoms with van der Waals surface area (Å²) >= 11 is 3.27. The van der Waals surface area contributed by atoms with Gasteiger partial charge >= 0.3 is 0 Å². The summed E-state index contributed by atoms with van der Waals surface area (Å²) < 4.78 is 0.724. The minimum absolute atomic E-state index is 0.226. The van der Waals surface area contributed by atoms with Gasteiger partial charge in [-0.05, 0) is 34.5 Å². The number of nitrogen functional groups attached to an aromatic ring is 1. The average molecular weight is 320 g/mol. The highest BCUT2D eigenvalue weighted by Gasteiger charge is 2.10. The van der Waals surface area contributed by atoms with Crippen molar-refractivity contribution in [1.82, 2.24) is 10.3 Å². The van der Waals surface area contributed by atoms with E-state index in [0.29, 0.717) is 12.1 Å². The molecule has 19 heavy (non-hydrogen) atoms. The van der Waals surface area contributed by atoms with Crippen LogP contribution in [0.5, 0.6) is 0 Å². The van der Waals surface area contributed by atoms with Crippen LogP contribution >= 0.6 is 15.9 Å². The third-order valence-corrected chi connectivity index (χ3v) is 3.14. The van der Waals surface area contributed by atoms with Gasteiger partial charge in [-0.1, -0.05) is 29.8 Å². The molecule has 0 atom stereocenters. The topological polar surface area (TPSA) is 68.0 Å². The van der Waals surface area contributed by atoms with Crippen molar-refractivity contribution in [3.63, 3.8) is 0 Å². The average Bonchev–Trinajstić information content (AvgIpc) is 2.40. The number of nitrogens with two attached hydrogens (primary N) is 1. The minimum atomic E-state index is -0.230. The number of carbonyl (C=O) groups excluding carboxylic acids is 1. The monoisotopic (exact) mass is 319 g/mol. The molecule has 3 N–H and O–H groups in total. The number of rotatable bonds is 3. The number of benzene rings is 1. The van der Waals surface area contributed by atoms with Gasteiger partial charge in [0.25, 0.3) is 5.91 Å². The maximum Gasteiger partial charge on any atom is 0.255 e. The van der Waals surface area contributed by atoms with Crippen LogP contribution in [0, 0.1) is 6.92 Å². The Labute approximate surface area is 120 Å². The van der Waals surface area contributed by atoms with E-state index in [1.807, 2.05) is 31.2 Å². The number of carbonyl (C=O) groups is 1. The van der Waals surface area contributed by atoms with E-state index < -0.39 is 0 Å². The molecule has 1 amide bonds. The molecule has 0 bridgehead atoms. The summed E-state index contributed by atoms with van der Waals surface area (Å²) in [4.78, 5) is 15.9. The Morgan fingerprint density at radius 2 is 2.05 bits per heavy atom. The molecule has 0 spiro atoms. The van der Waals surface area contributed by atoms with E-state index in [4.69, 9.17) is 5.73 Å². The number of aromatic nitrogens is 1. The number of nitrogens with one attached hydrogen (secondary N) is 1. The Balaban J connectivity index is 2.05. The zero-order chi connectivity index (χ0) is 13.8. The van der Waals surface area contributed by atoms with Crippen molar-refractivity contribution in [2.45, 2.75) is 13.5 Å². The Bertz CT molecular complexity index is 596. The highest BCUT2D eigenvalue weighted by molar-refractivity contribution is 9.10. The first-order chi connectivity index (χ1) is 9.06. The number of hydrogen-bond acceptors (Lipinski definition) is 3. The van der Waals surface area contributed by atoms with Crippen LogP contribution in [0.1, 0.15) is 21.5 Å². The summed E-state index contributed by atoms with van der Waals surface area (Å²) in [6.07, 6.45) is 1.56. The summed E-state index contributed by atoms with van der Waals surface area (Å²) in [5.41, 5.74) is 8.30. The zero-order valence-electron chi connectivity index (χ0n) is 10.5. The van der Waals surface area contributed by atoms with Crippen molar-refractivity contribution in [2.75, 3.05) is 5.73 Å². The third-order valence-electron chi connectivity index (χ3n) is 2.70. The largest absolute Gasteiger partial charge is 0.383 e. The van der Waals surface area contributed by atoms with Gasteiger partial charge < -0.3 is 11.1 Å². The van der Waals surface area contributed by atoms with E-state index in [1.165, 1.54) is 5.56 Å². The molecular formula is C14H14BrN3O. The Morgan fingerprint density at radius 3 is 2.74 bits per heavy atom. The quantitative estimate of drug-likeness (QED) is 0.913. The number of amides is 1. The molecule has 0 aliphatic carbocycles. The van der Waals surface area contributed by atoms with Crippen LogP contribution in [-0.2, 0) is 6.54 Å². The molecule has 1 heterocycles. The van der Waals surface area contributed by atoms with Gasteiger partial charge in [0.2, 0.25) is 0 Å². The van der Waals surface area contributed by atoms with Crippen molar-refractivity contribution in [1.29, 1.82) is 0 Å². The zero-order valence-corrected chi connectivity index (χ0v) is 12.1. The summed E-state index contributed by atoms with van der Waals surface area (Å²) in [6, 6.07) is 9.65. The van der Waals surface area contributed by atoms with Crippen LogP contribution in [-0.4, -0.2) is 10.9 Å². The molecule has 2 aromatic rings. The van der Waals surface area contributed by atoms with E-state index in [0.717, 1.165) is 10.0 Å². The molecule has 0 aliphatic rings. The second-order valence-corrected chi connectivity index (χ2v) is 5.17. The fraction of sp³-hybridized carbons (Fsp3) is 0.143. The molecule has 1 aromatic carbocycles. The molecule has 0 saturated heterocycles. The van der Waals surface area contributed by atoms with Crippen molar-refractivity contribution in [3.05, 3.63) is 57.7 Å². The van der Waals surface area contributed by atoms with Gasteiger partial charge in [0, 0.05) is 17.2 Å². The number of anilines is 1. The number of hydrogen-bond donors (Lipinski definition) is 2. The molecule has 98 valence electrons. The Morgan fingerprint density at radius 1 is 1.37 bits per heavy atom. The smallest absolute Gasteiger partial charge is 0.255 e. The molecule has 0 saturated carbocycles. The third kappa shape index (κ3) is 3.54. The van der Waals surface area contributed by atoms with Gasteiger partial charge in [-0.15, -0.1) is 0 Å². The van der Waals surface area contributed by atoms with Crippen LogP contribution < -0.4 is 11.1 Å². The standard InChI is InChI=1S/C14H14BrN3O/c1-9-2-4-10(5-3-9)7-18-14(19)12-6-11(15)8-17-13(12)16/h2-6,8H,7H2,1H3,(H2,16,17)(H,18,19). The van der Waals surface area contributed by atoms with E-state index in [-0.39, 0.29) is 11.7 Å². The lowest BCUT2D eigenvalue weighted by atomic mass is 10.1. The fourth-order valence-corrected chi connectivity index (χ4v) is 1.95. The van der Waals surface area contributed by atoms with Gasteiger partial charge in [0.1, 0.15) is 5.82 Å². The fourth-order valence-electron chi connectivity index (χ4n) is 1.62. The van der Waals surface area contributed by atoms with E-state index in [2.05, 4.69) is 26.2 Å². The maximum absolute atomic E-state index is 12.0. The van der Waals surface area contributed by atoms with E-state index in [1.54, 1.807) is 12.3 Å². The van der Waals surface area contributed by atoms with E-state index >= 15 is 0 Å². The molecule has 2 rings (SSSR count). The van der Waals surface area contributed by atoms with E-state index in [9.17, 15) is 4.79 Å². The van der Waals surface area contributed by atoms with Gasteiger partial charge in [-0.25, -0.2) is 4.98 Å². The highest BCUT2D eigenvalue weighted by Crippen LogP contribution is 2.15. The first-order valence-electron chi connectivity index (χ1n) is 5.81. The Kier molecular flexibility index (Phi) is 4.16. The molecule has 0 fully saturated rings. The summed E-state index contributed by atoms with van der Waals surface area (Å²) in [6.45, 7) is 2.49. The van der Waals surface area contributed by atoms with Crippen LogP contribution in [0.15, 0.2) is 41.0 Å². The second-order valence-electron chi connectivity index (χ2n) is 4.25. The molecule has 5 heteroatoms. The second kappa shape index (κ2) is 5.84. The number of halogens is 1. The SMILES string of the molecule is Cc1ccc(CNC(=O)c2cc(Br)cnc2N)cc1. The van der Waals surface area contributed by atoms with Crippen LogP contribution in [0.2, 0.25) is 0 Å². The van der Waals surface area contributed by atoms with Gasteiger partial charge in [-0.2, -0.15) is 0 Å². The van der Waals surface area contributed by atoms with Gasteiger partial charge in [0.05, 0.1) is 5.56 Å². The van der Waals surface area contributed by atoms with Crippen molar-refractivity contribution in [2.24, 2.45) is 0 Å².